The maximum atomic E-state index is 12.5. The van der Waals surface area contributed by atoms with E-state index in [2.05, 4.69) is 0 Å². The fourth-order valence-corrected chi connectivity index (χ4v) is 2.53. The Hall–Kier alpha value is -0.610. The average molecular weight is 360 g/mol. The van der Waals surface area contributed by atoms with Crippen LogP contribution in [-0.4, -0.2) is 0 Å². The quantitative estimate of drug-likeness (QED) is 0.380. The molecule has 0 heterocycles. The predicted octanol–water partition coefficient (Wildman–Crippen LogP) is 6.99. The van der Waals surface area contributed by atoms with Crippen LogP contribution >= 0.6 is 46.4 Å². The first kappa shape index (κ1) is 15.8. The van der Waals surface area contributed by atoms with E-state index in [0.717, 1.165) is 12.1 Å². The number of alkyl halides is 3. The lowest BCUT2D eigenvalue weighted by Crippen LogP contribution is -2.04. The van der Waals surface area contributed by atoms with E-state index in [4.69, 9.17) is 46.4 Å². The molecule has 0 aliphatic carbocycles. The summed E-state index contributed by atoms with van der Waals surface area (Å²) >= 11 is 23.7. The molecule has 0 aromatic heterocycles. The van der Waals surface area contributed by atoms with Gasteiger partial charge in [0.2, 0.25) is 0 Å². The zero-order valence-electron chi connectivity index (χ0n) is 9.53. The highest BCUT2D eigenvalue weighted by Crippen LogP contribution is 2.42. The molecule has 2 rings (SSSR count). The molecular weight excluding hydrogens is 355 g/mol. The first-order valence-electron chi connectivity index (χ1n) is 5.22. The van der Waals surface area contributed by atoms with Crippen molar-refractivity contribution < 1.29 is 13.2 Å². The zero-order chi connectivity index (χ0) is 15.1. The van der Waals surface area contributed by atoms with Crippen molar-refractivity contribution in [3.63, 3.8) is 0 Å². The zero-order valence-corrected chi connectivity index (χ0v) is 12.6. The lowest BCUT2D eigenvalue weighted by atomic mass is 10.0. The Labute approximate surface area is 133 Å². The molecular formula is C13H5Cl4F3. The van der Waals surface area contributed by atoms with Crippen molar-refractivity contribution in [2.24, 2.45) is 0 Å². The fraction of sp³-hybridized carbons (Fsp3) is 0.0769. The molecule has 0 unspecified atom stereocenters. The second-order valence-electron chi connectivity index (χ2n) is 3.92. The smallest absolute Gasteiger partial charge is 0.166 e. The number of halogens is 7. The van der Waals surface area contributed by atoms with Gasteiger partial charge in [-0.2, -0.15) is 13.2 Å². The van der Waals surface area contributed by atoms with Crippen molar-refractivity contribution in [1.29, 1.82) is 0 Å². The molecule has 0 nitrogen and oxygen atoms in total. The lowest BCUT2D eigenvalue weighted by molar-refractivity contribution is -0.137. The van der Waals surface area contributed by atoms with Gasteiger partial charge >= 0.3 is 6.18 Å². The van der Waals surface area contributed by atoms with Crippen molar-refractivity contribution in [2.75, 3.05) is 0 Å². The van der Waals surface area contributed by atoms with Gasteiger partial charge in [-0.3, -0.25) is 0 Å². The molecule has 2 aromatic rings. The first-order valence-corrected chi connectivity index (χ1v) is 6.73. The Bertz CT molecular complexity index is 648. The lowest BCUT2D eigenvalue weighted by Gasteiger charge is -2.11. The number of hydrogen-bond donors (Lipinski definition) is 0. The van der Waals surface area contributed by atoms with Crippen LogP contribution in [0.25, 0.3) is 11.1 Å². The van der Waals surface area contributed by atoms with Gasteiger partial charge in [0.05, 0.1) is 25.7 Å². The fourth-order valence-electron chi connectivity index (χ4n) is 1.62. The molecule has 0 saturated heterocycles. The van der Waals surface area contributed by atoms with Crippen LogP contribution in [0.1, 0.15) is 5.56 Å². The van der Waals surface area contributed by atoms with Crippen molar-refractivity contribution in [1.82, 2.24) is 0 Å². The molecule has 0 fully saturated rings. The summed E-state index contributed by atoms with van der Waals surface area (Å²) < 4.78 is 37.5. The largest absolute Gasteiger partial charge is 0.416 e. The second-order valence-corrected chi connectivity index (χ2v) is 5.46. The Morgan fingerprint density at radius 2 is 1.30 bits per heavy atom. The van der Waals surface area contributed by atoms with E-state index in [9.17, 15) is 13.2 Å². The summed E-state index contributed by atoms with van der Waals surface area (Å²) in [4.78, 5) is 0. The summed E-state index contributed by atoms with van der Waals surface area (Å²) in [5, 5.41) is 0.488. The highest BCUT2D eigenvalue weighted by atomic mass is 35.5. The molecule has 0 atom stereocenters. The second kappa shape index (κ2) is 5.64. The van der Waals surface area contributed by atoms with E-state index >= 15 is 0 Å². The standard InChI is InChI=1S/C13H5Cl4F3/c14-9-5-8(10(15)12(17)11(9)16)6-1-3-7(4-2-6)13(18,19)20/h1-5H. The molecule has 0 radical (unpaired) electrons. The maximum Gasteiger partial charge on any atom is 0.416 e. The van der Waals surface area contributed by atoms with Crippen molar-refractivity contribution >= 4 is 46.4 Å². The Kier molecular flexibility index (Phi) is 4.45. The van der Waals surface area contributed by atoms with Crippen LogP contribution < -0.4 is 0 Å². The highest BCUT2D eigenvalue weighted by Gasteiger charge is 2.30. The molecule has 106 valence electrons. The van der Waals surface area contributed by atoms with E-state index < -0.39 is 11.7 Å². The van der Waals surface area contributed by atoms with Crippen LogP contribution in [-0.2, 0) is 6.18 Å². The third-order valence-electron chi connectivity index (χ3n) is 2.63. The summed E-state index contributed by atoms with van der Waals surface area (Å²) in [6.07, 6.45) is -4.39. The molecule has 7 heteroatoms. The third kappa shape index (κ3) is 3.01. The summed E-state index contributed by atoms with van der Waals surface area (Å²) in [6, 6.07) is 5.97. The molecule has 0 amide bonds. The van der Waals surface area contributed by atoms with E-state index in [1.165, 1.54) is 18.2 Å². The van der Waals surface area contributed by atoms with Gasteiger partial charge in [0.25, 0.3) is 0 Å². The van der Waals surface area contributed by atoms with Crippen LogP contribution in [0.4, 0.5) is 13.2 Å². The predicted molar refractivity (Wildman–Crippen MR) is 76.9 cm³/mol. The topological polar surface area (TPSA) is 0 Å². The Morgan fingerprint density at radius 1 is 0.750 bits per heavy atom. The first-order chi connectivity index (χ1) is 9.21. The van der Waals surface area contributed by atoms with Gasteiger partial charge < -0.3 is 0 Å². The molecule has 0 spiro atoms. The Balaban J connectivity index is 2.53. The maximum absolute atomic E-state index is 12.5. The number of rotatable bonds is 1. The van der Waals surface area contributed by atoms with Gasteiger partial charge in [0.15, 0.2) is 0 Å². The van der Waals surface area contributed by atoms with E-state index in [0.29, 0.717) is 11.1 Å². The van der Waals surface area contributed by atoms with Crippen LogP contribution in [0.15, 0.2) is 30.3 Å². The average Bonchev–Trinajstić information content (AvgIpc) is 2.40. The van der Waals surface area contributed by atoms with Gasteiger partial charge in [-0.25, -0.2) is 0 Å². The minimum atomic E-state index is -4.39. The van der Waals surface area contributed by atoms with E-state index in [1.54, 1.807) is 0 Å². The number of hydrogen-bond acceptors (Lipinski definition) is 0. The number of benzene rings is 2. The molecule has 2 aromatic carbocycles. The van der Waals surface area contributed by atoms with Crippen molar-refractivity contribution in [3.05, 3.63) is 56.0 Å². The summed E-state index contributed by atoms with van der Waals surface area (Å²) in [5.41, 5.74) is 0.131. The van der Waals surface area contributed by atoms with Crippen LogP contribution in [0, 0.1) is 0 Å². The van der Waals surface area contributed by atoms with Gasteiger partial charge in [0, 0.05) is 5.56 Å². The normalized spacial score (nSPS) is 11.8. The minimum Gasteiger partial charge on any atom is -0.166 e. The van der Waals surface area contributed by atoms with Gasteiger partial charge in [-0.05, 0) is 23.8 Å². The summed E-state index contributed by atoms with van der Waals surface area (Å²) in [6.45, 7) is 0. The molecule has 0 N–H and O–H groups in total. The van der Waals surface area contributed by atoms with Gasteiger partial charge in [-0.1, -0.05) is 58.5 Å². The molecule has 0 saturated carbocycles. The van der Waals surface area contributed by atoms with Gasteiger partial charge in [-0.15, -0.1) is 0 Å². The Morgan fingerprint density at radius 3 is 1.80 bits per heavy atom. The monoisotopic (exact) mass is 358 g/mol. The van der Waals surface area contributed by atoms with Crippen molar-refractivity contribution in [3.8, 4) is 11.1 Å². The van der Waals surface area contributed by atoms with Gasteiger partial charge in [0.1, 0.15) is 0 Å². The highest BCUT2D eigenvalue weighted by molar-refractivity contribution is 6.52. The SMILES string of the molecule is FC(F)(F)c1ccc(-c2cc(Cl)c(Cl)c(Cl)c2Cl)cc1. The van der Waals surface area contributed by atoms with Crippen LogP contribution in [0.2, 0.25) is 20.1 Å². The minimum absolute atomic E-state index is 0.0655. The molecule has 0 aliphatic heterocycles. The third-order valence-corrected chi connectivity index (χ3v) is 4.38. The molecule has 0 aliphatic rings. The molecule has 0 bridgehead atoms. The van der Waals surface area contributed by atoms with Crippen LogP contribution in [0.3, 0.4) is 0 Å². The summed E-state index contributed by atoms with van der Waals surface area (Å²) in [5.74, 6) is 0. The molecule has 20 heavy (non-hydrogen) atoms. The van der Waals surface area contributed by atoms with Crippen LogP contribution in [0.5, 0.6) is 0 Å². The van der Waals surface area contributed by atoms with Crippen molar-refractivity contribution in [2.45, 2.75) is 6.18 Å². The van der Waals surface area contributed by atoms with E-state index in [1.807, 2.05) is 0 Å². The van der Waals surface area contributed by atoms with E-state index in [-0.39, 0.29) is 20.1 Å². The summed E-state index contributed by atoms with van der Waals surface area (Å²) in [7, 11) is 0.